The van der Waals surface area contributed by atoms with Gasteiger partial charge in [-0.2, -0.15) is 0 Å². The van der Waals surface area contributed by atoms with Gasteiger partial charge in [-0.25, -0.2) is 0 Å². The Morgan fingerprint density at radius 3 is 2.40 bits per heavy atom. The molecule has 1 aliphatic heterocycles. The standard InChI is InChI=1S/C15H22Cl2N2O/c1-2-20-11-6-8-19(9-7-11)14(10-18)15-12(16)4-3-5-13(15)17/h3-5,11,14H,2,6-10,18H2,1H3. The molecule has 20 heavy (non-hydrogen) atoms. The Morgan fingerprint density at radius 2 is 1.90 bits per heavy atom. The predicted molar refractivity (Wildman–Crippen MR) is 84.5 cm³/mol. The molecule has 1 atom stereocenters. The molecular formula is C15H22Cl2N2O. The Bertz CT molecular complexity index is 414. The molecule has 1 aromatic rings. The summed E-state index contributed by atoms with van der Waals surface area (Å²) >= 11 is 12.6. The highest BCUT2D eigenvalue weighted by Gasteiger charge is 2.28. The number of nitrogens with zero attached hydrogens (tertiary/aromatic N) is 1. The molecule has 3 nitrogen and oxygen atoms in total. The number of hydrogen-bond acceptors (Lipinski definition) is 3. The third-order valence-electron chi connectivity index (χ3n) is 3.88. The van der Waals surface area contributed by atoms with E-state index in [9.17, 15) is 0 Å². The van der Waals surface area contributed by atoms with Crippen molar-refractivity contribution in [2.45, 2.75) is 31.9 Å². The Balaban J connectivity index is 2.10. The Hall–Kier alpha value is -0.320. The summed E-state index contributed by atoms with van der Waals surface area (Å²) in [4.78, 5) is 2.36. The van der Waals surface area contributed by atoms with Gasteiger partial charge in [0.05, 0.1) is 6.10 Å². The second kappa shape index (κ2) is 7.62. The smallest absolute Gasteiger partial charge is 0.0599 e. The van der Waals surface area contributed by atoms with Crippen molar-refractivity contribution in [3.05, 3.63) is 33.8 Å². The van der Waals surface area contributed by atoms with Crippen molar-refractivity contribution in [2.24, 2.45) is 5.73 Å². The van der Waals surface area contributed by atoms with Crippen molar-refractivity contribution in [2.75, 3.05) is 26.2 Å². The molecular weight excluding hydrogens is 295 g/mol. The lowest BCUT2D eigenvalue weighted by atomic mass is 10.0. The van der Waals surface area contributed by atoms with Gasteiger partial charge in [0, 0.05) is 47.9 Å². The maximum Gasteiger partial charge on any atom is 0.0599 e. The number of ether oxygens (including phenoxy) is 1. The fourth-order valence-electron chi connectivity index (χ4n) is 2.87. The fourth-order valence-corrected chi connectivity index (χ4v) is 3.52. The lowest BCUT2D eigenvalue weighted by Crippen LogP contribution is -2.42. The molecule has 0 aromatic heterocycles. The molecule has 2 rings (SSSR count). The quantitative estimate of drug-likeness (QED) is 0.903. The monoisotopic (exact) mass is 316 g/mol. The summed E-state index contributed by atoms with van der Waals surface area (Å²) in [6, 6.07) is 5.69. The van der Waals surface area contributed by atoms with Crippen molar-refractivity contribution in [3.63, 3.8) is 0 Å². The van der Waals surface area contributed by atoms with E-state index in [0.717, 1.165) is 38.1 Å². The van der Waals surface area contributed by atoms with Gasteiger partial charge in [-0.3, -0.25) is 4.90 Å². The zero-order chi connectivity index (χ0) is 14.5. The van der Waals surface area contributed by atoms with Crippen LogP contribution in [0.25, 0.3) is 0 Å². The highest BCUT2D eigenvalue weighted by molar-refractivity contribution is 6.36. The van der Waals surface area contributed by atoms with Crippen LogP contribution in [0.2, 0.25) is 10.0 Å². The lowest BCUT2D eigenvalue weighted by Gasteiger charge is -2.37. The molecule has 112 valence electrons. The van der Waals surface area contributed by atoms with Gasteiger partial charge in [0.2, 0.25) is 0 Å². The first-order chi connectivity index (χ1) is 9.67. The van der Waals surface area contributed by atoms with Gasteiger partial charge in [-0.15, -0.1) is 0 Å². The van der Waals surface area contributed by atoms with Gasteiger partial charge in [-0.1, -0.05) is 29.3 Å². The zero-order valence-electron chi connectivity index (χ0n) is 11.8. The van der Waals surface area contributed by atoms with Gasteiger partial charge in [0.25, 0.3) is 0 Å². The van der Waals surface area contributed by atoms with Gasteiger partial charge < -0.3 is 10.5 Å². The molecule has 1 aromatic carbocycles. The molecule has 5 heteroatoms. The molecule has 1 saturated heterocycles. The maximum absolute atomic E-state index is 6.31. The summed E-state index contributed by atoms with van der Waals surface area (Å²) < 4.78 is 5.69. The third kappa shape index (κ3) is 3.66. The summed E-state index contributed by atoms with van der Waals surface area (Å²) in [5.41, 5.74) is 6.93. The Morgan fingerprint density at radius 1 is 1.30 bits per heavy atom. The maximum atomic E-state index is 6.31. The molecule has 1 unspecified atom stereocenters. The number of rotatable bonds is 5. The molecule has 1 aliphatic rings. The third-order valence-corrected chi connectivity index (χ3v) is 4.54. The molecule has 0 aliphatic carbocycles. The SMILES string of the molecule is CCOC1CCN(C(CN)c2c(Cl)cccc2Cl)CC1. The van der Waals surface area contributed by atoms with Crippen LogP contribution in [0.5, 0.6) is 0 Å². The molecule has 0 amide bonds. The van der Waals surface area contributed by atoms with E-state index in [-0.39, 0.29) is 6.04 Å². The van der Waals surface area contributed by atoms with Crippen LogP contribution in [0.15, 0.2) is 18.2 Å². The van der Waals surface area contributed by atoms with E-state index in [2.05, 4.69) is 4.90 Å². The van der Waals surface area contributed by atoms with Crippen LogP contribution in [0.3, 0.4) is 0 Å². The highest BCUT2D eigenvalue weighted by atomic mass is 35.5. The van der Waals surface area contributed by atoms with Crippen LogP contribution in [0.4, 0.5) is 0 Å². The molecule has 1 fully saturated rings. The van der Waals surface area contributed by atoms with Gasteiger partial charge in [0.15, 0.2) is 0 Å². The van der Waals surface area contributed by atoms with E-state index in [1.54, 1.807) is 0 Å². The lowest BCUT2D eigenvalue weighted by molar-refractivity contribution is 0.00454. The Kier molecular flexibility index (Phi) is 6.12. The van der Waals surface area contributed by atoms with E-state index in [1.807, 2.05) is 25.1 Å². The van der Waals surface area contributed by atoms with Gasteiger partial charge in [0.1, 0.15) is 0 Å². The average molecular weight is 317 g/mol. The summed E-state index contributed by atoms with van der Waals surface area (Å²) in [5, 5.41) is 1.39. The van der Waals surface area contributed by atoms with Crippen LogP contribution < -0.4 is 5.73 Å². The highest BCUT2D eigenvalue weighted by Crippen LogP contribution is 2.34. The summed E-state index contributed by atoms with van der Waals surface area (Å²) in [7, 11) is 0. The second-order valence-electron chi connectivity index (χ2n) is 5.08. The van der Waals surface area contributed by atoms with Gasteiger partial charge in [-0.05, 0) is 31.9 Å². The van der Waals surface area contributed by atoms with Crippen molar-refractivity contribution >= 4 is 23.2 Å². The molecule has 2 N–H and O–H groups in total. The Labute approximate surface area is 131 Å². The number of benzene rings is 1. The summed E-state index contributed by atoms with van der Waals surface area (Å²) in [6.45, 7) is 5.27. The van der Waals surface area contributed by atoms with E-state index in [4.69, 9.17) is 33.7 Å². The summed E-state index contributed by atoms with van der Waals surface area (Å²) in [5.74, 6) is 0. The van der Waals surface area contributed by atoms with Crippen LogP contribution in [0.1, 0.15) is 31.4 Å². The van der Waals surface area contributed by atoms with Crippen LogP contribution in [-0.2, 0) is 4.74 Å². The van der Waals surface area contributed by atoms with Crippen LogP contribution >= 0.6 is 23.2 Å². The van der Waals surface area contributed by atoms with E-state index < -0.39 is 0 Å². The predicted octanol–water partition coefficient (Wildman–Crippen LogP) is 3.49. The fraction of sp³-hybridized carbons (Fsp3) is 0.600. The minimum Gasteiger partial charge on any atom is -0.378 e. The van der Waals surface area contributed by atoms with Crippen molar-refractivity contribution in [3.8, 4) is 0 Å². The topological polar surface area (TPSA) is 38.5 Å². The minimum atomic E-state index is 0.0822. The zero-order valence-corrected chi connectivity index (χ0v) is 13.3. The minimum absolute atomic E-state index is 0.0822. The normalized spacial score (nSPS) is 19.2. The molecule has 0 saturated carbocycles. The summed E-state index contributed by atoms with van der Waals surface area (Å²) in [6.07, 6.45) is 2.44. The van der Waals surface area contributed by atoms with Crippen molar-refractivity contribution in [1.29, 1.82) is 0 Å². The first kappa shape index (κ1) is 16.1. The van der Waals surface area contributed by atoms with Gasteiger partial charge >= 0.3 is 0 Å². The largest absolute Gasteiger partial charge is 0.378 e. The number of likely N-dealkylation sites (tertiary alicyclic amines) is 1. The van der Waals surface area contributed by atoms with Crippen LogP contribution in [-0.4, -0.2) is 37.2 Å². The van der Waals surface area contributed by atoms with Crippen LogP contribution in [0, 0.1) is 0 Å². The average Bonchev–Trinajstić information content (AvgIpc) is 2.45. The van der Waals surface area contributed by atoms with E-state index in [1.165, 1.54) is 0 Å². The molecule has 1 heterocycles. The first-order valence-corrected chi connectivity index (χ1v) is 7.92. The number of hydrogen-bond donors (Lipinski definition) is 1. The van der Waals surface area contributed by atoms with E-state index in [0.29, 0.717) is 22.7 Å². The van der Waals surface area contributed by atoms with Crippen molar-refractivity contribution in [1.82, 2.24) is 4.90 Å². The number of nitrogens with two attached hydrogens (primary N) is 1. The molecule has 0 radical (unpaired) electrons. The number of piperidine rings is 1. The molecule has 0 spiro atoms. The number of halogens is 2. The van der Waals surface area contributed by atoms with E-state index >= 15 is 0 Å². The van der Waals surface area contributed by atoms with Crippen molar-refractivity contribution < 1.29 is 4.74 Å². The second-order valence-corrected chi connectivity index (χ2v) is 5.89. The molecule has 0 bridgehead atoms. The first-order valence-electron chi connectivity index (χ1n) is 7.17.